The second-order valence-corrected chi connectivity index (χ2v) is 9.75. The summed E-state index contributed by atoms with van der Waals surface area (Å²) in [5.41, 5.74) is 1.58. The molecule has 0 radical (unpaired) electrons. The maximum absolute atomic E-state index is 13.6. The zero-order valence-electron chi connectivity index (χ0n) is 20.2. The van der Waals surface area contributed by atoms with Gasteiger partial charge in [-0.3, -0.25) is 19.5 Å². The molecule has 0 saturated heterocycles. The average Bonchev–Trinajstić information content (AvgIpc) is 3.48. The predicted molar refractivity (Wildman–Crippen MR) is 143 cm³/mol. The maximum Gasteiger partial charge on any atom is 0.338 e. The molecule has 1 atom stereocenters. The number of aromatic nitrogens is 1. The second-order valence-electron chi connectivity index (χ2n) is 8.34. The Balaban J connectivity index is 1.60. The van der Waals surface area contributed by atoms with Crippen LogP contribution >= 0.6 is 22.9 Å². The number of halogens is 1. The Kier molecular flexibility index (Phi) is 6.83. The van der Waals surface area contributed by atoms with E-state index in [1.54, 1.807) is 32.1 Å². The van der Waals surface area contributed by atoms with Gasteiger partial charge in [-0.15, -0.1) is 0 Å². The lowest BCUT2D eigenvalue weighted by Gasteiger charge is -2.24. The Morgan fingerprint density at radius 1 is 1.24 bits per heavy atom. The lowest BCUT2D eigenvalue weighted by molar-refractivity contribution is -0.384. The van der Waals surface area contributed by atoms with Gasteiger partial charge in [0, 0.05) is 23.8 Å². The van der Waals surface area contributed by atoms with Gasteiger partial charge >= 0.3 is 5.97 Å². The Bertz CT molecular complexity index is 1780. The van der Waals surface area contributed by atoms with Gasteiger partial charge in [-0.25, -0.2) is 9.79 Å². The Morgan fingerprint density at radius 2 is 2.00 bits per heavy atom. The van der Waals surface area contributed by atoms with Gasteiger partial charge in [-0.1, -0.05) is 53.3 Å². The van der Waals surface area contributed by atoms with E-state index in [4.69, 9.17) is 20.8 Å². The molecule has 38 heavy (non-hydrogen) atoms. The number of hydrogen-bond donors (Lipinski definition) is 0. The third kappa shape index (κ3) is 4.59. The molecule has 192 valence electrons. The largest absolute Gasteiger partial charge is 0.463 e. The van der Waals surface area contributed by atoms with Crippen LogP contribution in [0, 0.1) is 10.1 Å². The van der Waals surface area contributed by atoms with Crippen molar-refractivity contribution in [1.82, 2.24) is 4.57 Å². The standard InChI is InChI=1S/C27H20ClN3O6S/c1-3-36-26(33)23-15(2)29-27-30(24(23)16-7-5-4-6-8-16)25(32)22(38-27)14-18-10-12-21(37-18)19-11-9-17(31(34)35)13-20(19)28/h4-14,24H,3H2,1-2H3/b22-14+. The number of non-ortho nitro benzene ring substituents is 1. The van der Waals surface area contributed by atoms with Gasteiger partial charge in [0.05, 0.1) is 38.4 Å². The molecule has 0 saturated carbocycles. The van der Waals surface area contributed by atoms with E-state index in [1.807, 2.05) is 30.3 Å². The molecule has 5 rings (SSSR count). The van der Waals surface area contributed by atoms with Crippen molar-refractivity contribution in [3.05, 3.63) is 118 Å². The number of nitro benzene ring substituents is 1. The molecular formula is C27H20ClN3O6S. The predicted octanol–water partition coefficient (Wildman–Crippen LogP) is 4.62. The third-order valence-electron chi connectivity index (χ3n) is 5.96. The van der Waals surface area contributed by atoms with Crippen LogP contribution in [0.3, 0.4) is 0 Å². The van der Waals surface area contributed by atoms with Crippen molar-refractivity contribution in [1.29, 1.82) is 0 Å². The number of allylic oxidation sites excluding steroid dienone is 1. The molecule has 0 aliphatic carbocycles. The molecular weight excluding hydrogens is 530 g/mol. The monoisotopic (exact) mass is 549 g/mol. The first-order valence-corrected chi connectivity index (χ1v) is 12.8. The molecule has 0 fully saturated rings. The Hall–Kier alpha value is -4.28. The fraction of sp³-hybridized carbons (Fsp3) is 0.148. The first-order valence-electron chi connectivity index (χ1n) is 11.6. The van der Waals surface area contributed by atoms with Gasteiger partial charge in [0.15, 0.2) is 4.80 Å². The number of ether oxygens (including phenoxy) is 1. The van der Waals surface area contributed by atoms with Gasteiger partial charge in [-0.2, -0.15) is 0 Å². The summed E-state index contributed by atoms with van der Waals surface area (Å²) in [4.78, 5) is 42.0. The van der Waals surface area contributed by atoms with Crippen molar-refractivity contribution in [3.8, 4) is 11.3 Å². The van der Waals surface area contributed by atoms with Gasteiger partial charge in [0.1, 0.15) is 11.5 Å². The number of carbonyl (C=O) groups is 1. The van der Waals surface area contributed by atoms with E-state index in [0.29, 0.717) is 37.7 Å². The second kappa shape index (κ2) is 10.2. The highest BCUT2D eigenvalue weighted by Crippen LogP contribution is 2.33. The topological polar surface area (TPSA) is 117 Å². The van der Waals surface area contributed by atoms with E-state index >= 15 is 0 Å². The summed E-state index contributed by atoms with van der Waals surface area (Å²) < 4.78 is 13.1. The number of fused-ring (bicyclic) bond motifs is 1. The fourth-order valence-electron chi connectivity index (χ4n) is 4.26. The zero-order chi connectivity index (χ0) is 27.0. The number of rotatable bonds is 6. The minimum Gasteiger partial charge on any atom is -0.463 e. The van der Waals surface area contributed by atoms with Crippen molar-refractivity contribution < 1.29 is 18.9 Å². The van der Waals surface area contributed by atoms with E-state index < -0.39 is 16.9 Å². The van der Waals surface area contributed by atoms with E-state index in [9.17, 15) is 19.7 Å². The molecule has 0 amide bonds. The number of thiazole rings is 1. The zero-order valence-corrected chi connectivity index (χ0v) is 21.8. The van der Waals surface area contributed by atoms with Gasteiger partial charge in [0.25, 0.3) is 11.2 Å². The van der Waals surface area contributed by atoms with Crippen LogP contribution in [-0.2, 0) is 9.53 Å². The molecule has 9 nitrogen and oxygen atoms in total. The average molecular weight is 550 g/mol. The van der Waals surface area contributed by atoms with Crippen LogP contribution in [-0.4, -0.2) is 22.1 Å². The first kappa shape index (κ1) is 25.4. The van der Waals surface area contributed by atoms with E-state index in [1.165, 1.54) is 34.1 Å². The molecule has 1 unspecified atom stereocenters. The molecule has 1 aliphatic heterocycles. The molecule has 0 N–H and O–H groups in total. The first-order chi connectivity index (χ1) is 18.3. The smallest absolute Gasteiger partial charge is 0.338 e. The van der Waals surface area contributed by atoms with Crippen molar-refractivity contribution in [3.63, 3.8) is 0 Å². The highest BCUT2D eigenvalue weighted by molar-refractivity contribution is 7.07. The minimum atomic E-state index is -0.695. The fourth-order valence-corrected chi connectivity index (χ4v) is 5.56. The normalized spacial score (nSPS) is 15.2. The minimum absolute atomic E-state index is 0.128. The van der Waals surface area contributed by atoms with Crippen LogP contribution in [0.5, 0.6) is 0 Å². The highest BCUT2D eigenvalue weighted by atomic mass is 35.5. The molecule has 4 aromatic rings. The summed E-state index contributed by atoms with van der Waals surface area (Å²) in [6.45, 7) is 3.65. The van der Waals surface area contributed by atoms with Gasteiger partial charge in [-0.05, 0) is 37.6 Å². The lowest BCUT2D eigenvalue weighted by atomic mass is 9.96. The number of nitro groups is 1. The number of hydrogen-bond acceptors (Lipinski definition) is 8. The van der Waals surface area contributed by atoms with Crippen LogP contribution in [0.2, 0.25) is 5.02 Å². The number of nitrogens with zero attached hydrogens (tertiary/aromatic N) is 3. The van der Waals surface area contributed by atoms with Crippen molar-refractivity contribution in [2.45, 2.75) is 19.9 Å². The van der Waals surface area contributed by atoms with Crippen LogP contribution in [0.1, 0.15) is 31.2 Å². The Morgan fingerprint density at radius 3 is 2.68 bits per heavy atom. The van der Waals surface area contributed by atoms with E-state index in [-0.39, 0.29) is 22.9 Å². The number of furan rings is 1. The SMILES string of the molecule is CCOC(=O)C1=C(C)N=c2s/c(=C/c3ccc(-c4ccc([N+](=O)[O-])cc4Cl)o3)c(=O)n2C1c1ccccc1. The third-order valence-corrected chi connectivity index (χ3v) is 7.26. The summed E-state index contributed by atoms with van der Waals surface area (Å²) in [5, 5.41) is 11.2. The molecule has 0 spiro atoms. The number of benzene rings is 2. The molecule has 1 aliphatic rings. The molecule has 0 bridgehead atoms. The summed E-state index contributed by atoms with van der Waals surface area (Å²) in [7, 11) is 0. The molecule has 2 aromatic carbocycles. The molecule has 2 aromatic heterocycles. The molecule has 11 heteroatoms. The van der Waals surface area contributed by atoms with Crippen LogP contribution in [0.25, 0.3) is 17.4 Å². The Labute approximate surface area is 224 Å². The molecule has 3 heterocycles. The van der Waals surface area contributed by atoms with Crippen molar-refractivity contribution in [2.24, 2.45) is 4.99 Å². The summed E-state index contributed by atoms with van der Waals surface area (Å²) in [5.74, 6) is 0.260. The van der Waals surface area contributed by atoms with Crippen LogP contribution in [0.15, 0.2) is 86.1 Å². The lowest BCUT2D eigenvalue weighted by Crippen LogP contribution is -2.39. The van der Waals surface area contributed by atoms with Crippen molar-refractivity contribution >= 4 is 40.7 Å². The van der Waals surface area contributed by atoms with Crippen molar-refractivity contribution in [2.75, 3.05) is 6.61 Å². The summed E-state index contributed by atoms with van der Waals surface area (Å²) in [6.07, 6.45) is 1.60. The van der Waals surface area contributed by atoms with Gasteiger partial charge < -0.3 is 9.15 Å². The van der Waals surface area contributed by atoms with E-state index in [2.05, 4.69) is 4.99 Å². The van der Waals surface area contributed by atoms with Crippen LogP contribution in [0.4, 0.5) is 5.69 Å². The highest BCUT2D eigenvalue weighted by Gasteiger charge is 2.33. The number of esters is 1. The number of carbonyl (C=O) groups excluding carboxylic acids is 1. The van der Waals surface area contributed by atoms with E-state index in [0.717, 1.165) is 5.56 Å². The summed E-state index contributed by atoms with van der Waals surface area (Å²) >= 11 is 7.42. The maximum atomic E-state index is 13.6. The quantitative estimate of drug-likeness (QED) is 0.197. The van der Waals surface area contributed by atoms with Crippen LogP contribution < -0.4 is 14.9 Å². The van der Waals surface area contributed by atoms with Gasteiger partial charge in [0.2, 0.25) is 0 Å². The summed E-state index contributed by atoms with van der Waals surface area (Å²) in [6, 6.07) is 16.0.